The normalized spacial score (nSPS) is 18.7. The molecular formula is C8H11NO3. The average molecular weight is 169 g/mol. The summed E-state index contributed by atoms with van der Waals surface area (Å²) in [4.78, 5) is 27.1. The zero-order valence-electron chi connectivity index (χ0n) is 7.16. The van der Waals surface area contributed by atoms with Crippen molar-refractivity contribution in [1.29, 1.82) is 0 Å². The Morgan fingerprint density at radius 1 is 1.67 bits per heavy atom. The Morgan fingerprint density at radius 3 is 2.75 bits per heavy atom. The standard InChI is InChI=1S/C8H11NO3/c1-3-6(2)8(11)9-7(10)4-5-12-9/h3H,4-5H2,1-2H3/b6-3+. The Morgan fingerprint density at radius 2 is 2.33 bits per heavy atom. The maximum atomic E-state index is 11.3. The van der Waals surface area contributed by atoms with Gasteiger partial charge in [-0.3, -0.25) is 14.4 Å². The number of amides is 2. The van der Waals surface area contributed by atoms with E-state index in [1.807, 2.05) is 0 Å². The molecule has 0 aromatic rings. The summed E-state index contributed by atoms with van der Waals surface area (Å²) in [6.45, 7) is 3.70. The Hall–Kier alpha value is -1.16. The number of imide groups is 1. The largest absolute Gasteiger partial charge is 0.280 e. The molecule has 1 heterocycles. The molecule has 0 atom stereocenters. The average Bonchev–Trinajstić information content (AvgIpc) is 2.48. The van der Waals surface area contributed by atoms with Gasteiger partial charge in [-0.2, -0.15) is 0 Å². The van der Waals surface area contributed by atoms with Gasteiger partial charge < -0.3 is 0 Å². The lowest BCUT2D eigenvalue weighted by molar-refractivity contribution is -0.175. The maximum absolute atomic E-state index is 11.3. The number of rotatable bonds is 1. The van der Waals surface area contributed by atoms with Crippen LogP contribution in [0.4, 0.5) is 0 Å². The van der Waals surface area contributed by atoms with Crippen LogP contribution in [0.3, 0.4) is 0 Å². The molecule has 1 aliphatic heterocycles. The topological polar surface area (TPSA) is 46.6 Å². The van der Waals surface area contributed by atoms with E-state index in [9.17, 15) is 9.59 Å². The Labute approximate surface area is 70.7 Å². The van der Waals surface area contributed by atoms with Gasteiger partial charge in [-0.25, -0.2) is 0 Å². The molecule has 4 heteroatoms. The van der Waals surface area contributed by atoms with Crippen LogP contribution >= 0.6 is 0 Å². The third-order valence-corrected chi connectivity index (χ3v) is 1.72. The van der Waals surface area contributed by atoms with Crippen LogP contribution in [0.25, 0.3) is 0 Å². The molecule has 0 saturated carbocycles. The molecule has 12 heavy (non-hydrogen) atoms. The SMILES string of the molecule is C/C=C(\C)C(=O)N1OCCC1=O. The fraction of sp³-hybridized carbons (Fsp3) is 0.500. The third-order valence-electron chi connectivity index (χ3n) is 1.72. The zero-order chi connectivity index (χ0) is 9.14. The van der Waals surface area contributed by atoms with Gasteiger partial charge in [0.05, 0.1) is 13.0 Å². The number of hydrogen-bond acceptors (Lipinski definition) is 3. The summed E-state index contributed by atoms with van der Waals surface area (Å²) in [5.74, 6) is -0.624. The van der Waals surface area contributed by atoms with Crippen molar-refractivity contribution in [3.05, 3.63) is 11.6 Å². The van der Waals surface area contributed by atoms with Crippen LogP contribution in [-0.4, -0.2) is 23.5 Å². The monoisotopic (exact) mass is 169 g/mol. The van der Waals surface area contributed by atoms with E-state index in [1.165, 1.54) is 0 Å². The minimum absolute atomic E-state index is 0.263. The minimum atomic E-state index is -0.361. The van der Waals surface area contributed by atoms with Crippen molar-refractivity contribution in [2.24, 2.45) is 0 Å². The molecule has 0 aliphatic carbocycles. The molecule has 66 valence electrons. The van der Waals surface area contributed by atoms with E-state index in [0.29, 0.717) is 18.6 Å². The number of hydrogen-bond donors (Lipinski definition) is 0. The van der Waals surface area contributed by atoms with E-state index in [0.717, 1.165) is 5.06 Å². The smallest absolute Gasteiger partial charge is 0.272 e. The molecule has 2 amide bonds. The molecule has 0 aromatic carbocycles. The van der Waals surface area contributed by atoms with Crippen LogP contribution in [0, 0.1) is 0 Å². The molecule has 0 spiro atoms. The molecule has 0 radical (unpaired) electrons. The molecule has 1 fully saturated rings. The van der Waals surface area contributed by atoms with E-state index in [4.69, 9.17) is 4.84 Å². The van der Waals surface area contributed by atoms with E-state index in [2.05, 4.69) is 0 Å². The number of carbonyl (C=O) groups excluding carboxylic acids is 2. The molecule has 1 saturated heterocycles. The van der Waals surface area contributed by atoms with Gasteiger partial charge >= 0.3 is 0 Å². The second kappa shape index (κ2) is 3.49. The number of allylic oxidation sites excluding steroid dienone is 1. The third kappa shape index (κ3) is 1.53. The number of hydroxylamine groups is 2. The van der Waals surface area contributed by atoms with Gasteiger partial charge in [0.15, 0.2) is 0 Å². The van der Waals surface area contributed by atoms with Gasteiger partial charge in [-0.1, -0.05) is 6.08 Å². The highest BCUT2D eigenvalue weighted by molar-refractivity contribution is 6.03. The van der Waals surface area contributed by atoms with E-state index >= 15 is 0 Å². The first-order chi connectivity index (χ1) is 5.66. The first kappa shape index (κ1) is 8.93. The summed E-state index contributed by atoms with van der Waals surface area (Å²) in [6, 6.07) is 0. The molecule has 1 aliphatic rings. The Bertz CT molecular complexity index is 245. The second-order valence-corrected chi connectivity index (χ2v) is 2.55. The van der Waals surface area contributed by atoms with Crippen molar-refractivity contribution in [2.45, 2.75) is 20.3 Å². The van der Waals surface area contributed by atoms with Crippen LogP contribution in [0.2, 0.25) is 0 Å². The van der Waals surface area contributed by atoms with Crippen molar-refractivity contribution in [1.82, 2.24) is 5.06 Å². The summed E-state index contributed by atoms with van der Waals surface area (Å²) in [7, 11) is 0. The van der Waals surface area contributed by atoms with Gasteiger partial charge in [0.2, 0.25) is 0 Å². The predicted octanol–water partition coefficient (Wildman–Crippen LogP) is 0.643. The van der Waals surface area contributed by atoms with Crippen molar-refractivity contribution < 1.29 is 14.4 Å². The zero-order valence-corrected chi connectivity index (χ0v) is 7.16. The first-order valence-electron chi connectivity index (χ1n) is 3.80. The predicted molar refractivity (Wildman–Crippen MR) is 41.9 cm³/mol. The second-order valence-electron chi connectivity index (χ2n) is 2.55. The van der Waals surface area contributed by atoms with Crippen LogP contribution in [-0.2, 0) is 14.4 Å². The van der Waals surface area contributed by atoms with E-state index < -0.39 is 0 Å². The molecule has 1 rings (SSSR count). The maximum Gasteiger partial charge on any atom is 0.280 e. The van der Waals surface area contributed by atoms with Crippen LogP contribution in [0.15, 0.2) is 11.6 Å². The lowest BCUT2D eigenvalue weighted by Crippen LogP contribution is -2.31. The van der Waals surface area contributed by atoms with Gasteiger partial charge in [-0.05, 0) is 13.8 Å². The quantitative estimate of drug-likeness (QED) is 0.541. The first-order valence-corrected chi connectivity index (χ1v) is 3.80. The molecule has 0 N–H and O–H groups in total. The fourth-order valence-corrected chi connectivity index (χ4v) is 0.853. The highest BCUT2D eigenvalue weighted by Crippen LogP contribution is 2.10. The van der Waals surface area contributed by atoms with Crippen molar-refractivity contribution >= 4 is 11.8 Å². The van der Waals surface area contributed by atoms with E-state index in [-0.39, 0.29) is 11.8 Å². The summed E-state index contributed by atoms with van der Waals surface area (Å²) in [5.41, 5.74) is 0.519. The number of carbonyl (C=O) groups is 2. The summed E-state index contributed by atoms with van der Waals surface area (Å²) in [6.07, 6.45) is 1.94. The highest BCUT2D eigenvalue weighted by atomic mass is 16.7. The van der Waals surface area contributed by atoms with Gasteiger partial charge in [-0.15, -0.1) is 5.06 Å². The van der Waals surface area contributed by atoms with Crippen LogP contribution < -0.4 is 0 Å². The van der Waals surface area contributed by atoms with Crippen molar-refractivity contribution in [3.63, 3.8) is 0 Å². The summed E-state index contributed by atoms with van der Waals surface area (Å²) in [5, 5.41) is 0.829. The molecular weight excluding hydrogens is 158 g/mol. The van der Waals surface area contributed by atoms with Gasteiger partial charge in [0.1, 0.15) is 0 Å². The summed E-state index contributed by atoms with van der Waals surface area (Å²) < 4.78 is 0. The van der Waals surface area contributed by atoms with Gasteiger partial charge in [0.25, 0.3) is 11.8 Å². The van der Waals surface area contributed by atoms with Crippen LogP contribution in [0.5, 0.6) is 0 Å². The Balaban J connectivity index is 2.70. The molecule has 0 bridgehead atoms. The summed E-state index contributed by atoms with van der Waals surface area (Å²) >= 11 is 0. The lowest BCUT2D eigenvalue weighted by Gasteiger charge is -2.11. The molecule has 4 nitrogen and oxygen atoms in total. The van der Waals surface area contributed by atoms with Gasteiger partial charge in [0, 0.05) is 5.57 Å². The number of nitrogens with zero attached hydrogens (tertiary/aromatic N) is 1. The van der Waals surface area contributed by atoms with E-state index in [1.54, 1.807) is 19.9 Å². The fourth-order valence-electron chi connectivity index (χ4n) is 0.853. The van der Waals surface area contributed by atoms with Crippen molar-refractivity contribution in [2.75, 3.05) is 6.61 Å². The lowest BCUT2D eigenvalue weighted by atomic mass is 10.2. The minimum Gasteiger partial charge on any atom is -0.272 e. The van der Waals surface area contributed by atoms with Crippen molar-refractivity contribution in [3.8, 4) is 0 Å². The Kier molecular flexibility index (Phi) is 2.60. The molecule has 0 aromatic heterocycles. The van der Waals surface area contributed by atoms with Crippen LogP contribution in [0.1, 0.15) is 20.3 Å². The highest BCUT2D eigenvalue weighted by Gasteiger charge is 2.28. The molecule has 0 unspecified atom stereocenters.